The standard InChI is InChI=1S/C10H12N4/c1-3-7-13(11-5-1)9-10-14-8-4-2-6-12-14/h1-8H,9-10H2/q+2. The molecule has 0 spiro atoms. The van der Waals surface area contributed by atoms with Crippen LogP contribution in [-0.4, -0.2) is 10.2 Å². The second-order valence-corrected chi connectivity index (χ2v) is 2.92. The predicted molar refractivity (Wildman–Crippen MR) is 48.9 cm³/mol. The summed E-state index contributed by atoms with van der Waals surface area (Å²) in [6.07, 6.45) is 7.46. The molecule has 4 heteroatoms. The molecule has 0 fully saturated rings. The minimum absolute atomic E-state index is 0.836. The van der Waals surface area contributed by atoms with Crippen molar-refractivity contribution in [3.8, 4) is 0 Å². The van der Waals surface area contributed by atoms with Crippen molar-refractivity contribution in [3.05, 3.63) is 49.1 Å². The molecule has 2 aromatic rings. The van der Waals surface area contributed by atoms with Crippen LogP contribution in [0.2, 0.25) is 0 Å². The molecule has 0 N–H and O–H groups in total. The van der Waals surface area contributed by atoms with Crippen molar-refractivity contribution < 1.29 is 9.36 Å². The Hall–Kier alpha value is -1.84. The highest BCUT2D eigenvalue weighted by Gasteiger charge is 2.06. The third kappa shape index (κ3) is 2.32. The van der Waals surface area contributed by atoms with E-state index >= 15 is 0 Å². The lowest BCUT2D eigenvalue weighted by atomic mass is 10.5. The fourth-order valence-corrected chi connectivity index (χ4v) is 1.19. The van der Waals surface area contributed by atoms with Crippen molar-refractivity contribution in [2.45, 2.75) is 13.1 Å². The summed E-state index contributed by atoms with van der Waals surface area (Å²) in [5.74, 6) is 0. The average molecular weight is 188 g/mol. The van der Waals surface area contributed by atoms with Crippen LogP contribution in [0.5, 0.6) is 0 Å². The second kappa shape index (κ2) is 4.41. The molecular formula is C10H12N4+2. The van der Waals surface area contributed by atoms with Gasteiger partial charge >= 0.3 is 0 Å². The number of nitrogens with zero attached hydrogens (tertiary/aromatic N) is 4. The molecule has 0 atom stereocenters. The van der Waals surface area contributed by atoms with Crippen LogP contribution in [0, 0.1) is 0 Å². The highest BCUT2D eigenvalue weighted by Crippen LogP contribution is 1.74. The summed E-state index contributed by atoms with van der Waals surface area (Å²) in [7, 11) is 0. The zero-order valence-corrected chi connectivity index (χ0v) is 7.82. The van der Waals surface area contributed by atoms with E-state index < -0.39 is 0 Å². The molecule has 2 heterocycles. The van der Waals surface area contributed by atoms with Gasteiger partial charge in [0.1, 0.15) is 0 Å². The molecule has 2 aromatic heterocycles. The molecule has 0 radical (unpaired) electrons. The van der Waals surface area contributed by atoms with E-state index in [0.29, 0.717) is 0 Å². The molecule has 0 aliphatic rings. The summed E-state index contributed by atoms with van der Waals surface area (Å²) >= 11 is 0. The molecule has 0 saturated carbocycles. The van der Waals surface area contributed by atoms with E-state index in [1.54, 1.807) is 12.4 Å². The Morgan fingerprint density at radius 2 is 1.21 bits per heavy atom. The minimum Gasteiger partial charge on any atom is -0.0845 e. The van der Waals surface area contributed by atoms with Crippen LogP contribution in [0.1, 0.15) is 0 Å². The predicted octanol–water partition coefficient (Wildman–Crippen LogP) is -0.248. The van der Waals surface area contributed by atoms with Gasteiger partial charge in [-0.05, 0) is 22.3 Å². The number of hydrogen-bond acceptors (Lipinski definition) is 2. The van der Waals surface area contributed by atoms with Crippen LogP contribution in [0.15, 0.2) is 49.1 Å². The van der Waals surface area contributed by atoms with Crippen LogP contribution in [0.4, 0.5) is 0 Å². The molecule has 14 heavy (non-hydrogen) atoms. The van der Waals surface area contributed by atoms with Gasteiger partial charge in [-0.3, -0.25) is 0 Å². The van der Waals surface area contributed by atoms with Gasteiger partial charge in [0.05, 0.1) is 12.4 Å². The molecule has 0 amide bonds. The van der Waals surface area contributed by atoms with E-state index in [9.17, 15) is 0 Å². The lowest BCUT2D eigenvalue weighted by Crippen LogP contribution is -2.47. The number of hydrogen-bond donors (Lipinski definition) is 0. The molecule has 0 aliphatic heterocycles. The van der Waals surface area contributed by atoms with Gasteiger partial charge in [-0.2, -0.15) is 0 Å². The van der Waals surface area contributed by atoms with E-state index in [0.717, 1.165) is 13.1 Å². The molecule has 0 aromatic carbocycles. The summed E-state index contributed by atoms with van der Waals surface area (Å²) in [5.41, 5.74) is 0. The zero-order chi connectivity index (χ0) is 9.64. The van der Waals surface area contributed by atoms with Crippen molar-refractivity contribution in [3.63, 3.8) is 0 Å². The van der Waals surface area contributed by atoms with Crippen LogP contribution in [0.25, 0.3) is 0 Å². The van der Waals surface area contributed by atoms with Gasteiger partial charge < -0.3 is 0 Å². The molecule has 2 rings (SSSR count). The molecule has 4 nitrogen and oxygen atoms in total. The van der Waals surface area contributed by atoms with Gasteiger partial charge in [-0.15, -0.1) is 0 Å². The summed E-state index contributed by atoms with van der Waals surface area (Å²) < 4.78 is 3.78. The molecule has 0 saturated heterocycles. The van der Waals surface area contributed by atoms with Crippen molar-refractivity contribution in [1.29, 1.82) is 0 Å². The van der Waals surface area contributed by atoms with E-state index in [-0.39, 0.29) is 0 Å². The van der Waals surface area contributed by atoms with Crippen molar-refractivity contribution in [1.82, 2.24) is 10.2 Å². The molecule has 0 unspecified atom stereocenters. The van der Waals surface area contributed by atoms with Crippen molar-refractivity contribution in [2.24, 2.45) is 0 Å². The van der Waals surface area contributed by atoms with Crippen molar-refractivity contribution in [2.75, 3.05) is 0 Å². The third-order valence-electron chi connectivity index (χ3n) is 1.90. The molecule has 70 valence electrons. The summed E-state index contributed by atoms with van der Waals surface area (Å²) in [4.78, 5) is 0. The first kappa shape index (κ1) is 8.74. The SMILES string of the molecule is c1cc[n+](CC[n+]2ccccn2)nc1. The lowest BCUT2D eigenvalue weighted by molar-refractivity contribution is -0.830. The fourth-order valence-electron chi connectivity index (χ4n) is 1.19. The monoisotopic (exact) mass is 188 g/mol. The Labute approximate surface area is 82.5 Å². The number of aromatic nitrogens is 4. The zero-order valence-electron chi connectivity index (χ0n) is 7.82. The van der Waals surface area contributed by atoms with Gasteiger partial charge in [-0.1, -0.05) is 9.36 Å². The summed E-state index contributed by atoms with van der Waals surface area (Å²) in [6.45, 7) is 1.67. The highest BCUT2D eigenvalue weighted by molar-refractivity contribution is 4.77. The highest BCUT2D eigenvalue weighted by atomic mass is 15.3. The normalized spacial score (nSPS) is 10.0. The van der Waals surface area contributed by atoms with E-state index in [4.69, 9.17) is 0 Å². The second-order valence-electron chi connectivity index (χ2n) is 2.92. The topological polar surface area (TPSA) is 33.5 Å². The van der Waals surface area contributed by atoms with Gasteiger partial charge in [0.25, 0.3) is 0 Å². The Bertz CT molecular complexity index is 334. The summed E-state index contributed by atoms with van der Waals surface area (Å²) in [6, 6.07) is 7.75. The smallest absolute Gasteiger partial charge is 0.0845 e. The number of rotatable bonds is 3. The van der Waals surface area contributed by atoms with Crippen LogP contribution in [-0.2, 0) is 13.1 Å². The van der Waals surface area contributed by atoms with Gasteiger partial charge in [0.15, 0.2) is 12.4 Å². The Kier molecular flexibility index (Phi) is 2.76. The van der Waals surface area contributed by atoms with Crippen LogP contribution in [0.3, 0.4) is 0 Å². The summed E-state index contributed by atoms with van der Waals surface area (Å²) in [5, 5.41) is 8.34. The maximum absolute atomic E-state index is 4.17. The quantitative estimate of drug-likeness (QED) is 0.622. The third-order valence-corrected chi connectivity index (χ3v) is 1.90. The average Bonchev–Trinajstić information content (AvgIpc) is 2.29. The Morgan fingerprint density at radius 3 is 1.57 bits per heavy atom. The first-order valence-corrected chi connectivity index (χ1v) is 4.57. The van der Waals surface area contributed by atoms with Gasteiger partial charge in [0.2, 0.25) is 13.1 Å². The Balaban J connectivity index is 1.96. The van der Waals surface area contributed by atoms with Gasteiger partial charge in [-0.25, -0.2) is 0 Å². The van der Waals surface area contributed by atoms with E-state index in [1.165, 1.54) is 0 Å². The van der Waals surface area contributed by atoms with E-state index in [1.807, 2.05) is 46.0 Å². The van der Waals surface area contributed by atoms with Crippen LogP contribution < -0.4 is 9.36 Å². The largest absolute Gasteiger partial charge is 0.234 e. The fraction of sp³-hybridized carbons (Fsp3) is 0.200. The van der Waals surface area contributed by atoms with E-state index in [2.05, 4.69) is 10.2 Å². The molecular weight excluding hydrogens is 176 g/mol. The maximum Gasteiger partial charge on any atom is 0.234 e. The van der Waals surface area contributed by atoms with Crippen molar-refractivity contribution >= 4 is 0 Å². The Morgan fingerprint density at radius 1 is 0.714 bits per heavy atom. The van der Waals surface area contributed by atoms with Gasteiger partial charge in [0, 0.05) is 12.1 Å². The first-order valence-electron chi connectivity index (χ1n) is 4.57. The minimum atomic E-state index is 0.836. The van der Waals surface area contributed by atoms with Crippen LogP contribution >= 0.6 is 0 Å². The lowest BCUT2D eigenvalue weighted by Gasteiger charge is -1.89. The first-order chi connectivity index (χ1) is 6.95. The molecule has 0 bridgehead atoms. The molecule has 0 aliphatic carbocycles. The number of aryl methyl sites for hydroxylation is 2. The maximum atomic E-state index is 4.17.